The molecular formula is C27H31F2N5O2. The summed E-state index contributed by atoms with van der Waals surface area (Å²) in [7, 11) is 3.21. The van der Waals surface area contributed by atoms with Gasteiger partial charge in [-0.2, -0.15) is 4.39 Å². The number of pyridine rings is 1. The second kappa shape index (κ2) is 8.65. The van der Waals surface area contributed by atoms with E-state index in [1.165, 1.54) is 25.2 Å². The maximum Gasteiger partial charge on any atom is 0.253 e. The molecule has 0 radical (unpaired) electrons. The summed E-state index contributed by atoms with van der Waals surface area (Å²) in [6.07, 6.45) is 5.61. The number of aromatic nitrogens is 3. The van der Waals surface area contributed by atoms with Crippen LogP contribution in [0.5, 0.6) is 5.75 Å². The van der Waals surface area contributed by atoms with Gasteiger partial charge in [-0.1, -0.05) is 6.07 Å². The van der Waals surface area contributed by atoms with Crippen molar-refractivity contribution in [2.45, 2.75) is 62.8 Å². The summed E-state index contributed by atoms with van der Waals surface area (Å²) < 4.78 is 30.5. The Morgan fingerprint density at radius 3 is 2.58 bits per heavy atom. The number of hydrogen-bond donors (Lipinski definition) is 2. The van der Waals surface area contributed by atoms with E-state index in [4.69, 9.17) is 0 Å². The van der Waals surface area contributed by atoms with Crippen molar-refractivity contribution in [2.75, 3.05) is 11.9 Å². The van der Waals surface area contributed by atoms with E-state index in [-0.39, 0.29) is 17.3 Å². The monoisotopic (exact) mass is 495 g/mol. The molecule has 0 aliphatic carbocycles. The van der Waals surface area contributed by atoms with Gasteiger partial charge in [-0.25, -0.2) is 9.37 Å². The van der Waals surface area contributed by atoms with Crippen LogP contribution in [0.4, 0.5) is 14.6 Å². The lowest BCUT2D eigenvalue weighted by molar-refractivity contribution is 0.00197. The van der Waals surface area contributed by atoms with Crippen LogP contribution in [-0.2, 0) is 7.05 Å². The van der Waals surface area contributed by atoms with Crippen molar-refractivity contribution in [3.63, 3.8) is 0 Å². The minimum Gasteiger partial charge on any atom is -0.507 e. The van der Waals surface area contributed by atoms with Crippen molar-refractivity contribution in [1.82, 2.24) is 19.9 Å². The molecule has 4 heterocycles. The number of fused-ring (bicyclic) bond motifs is 2. The molecule has 1 aromatic carbocycles. The first-order valence-corrected chi connectivity index (χ1v) is 12.2. The molecule has 0 saturated carbocycles. The van der Waals surface area contributed by atoms with Gasteiger partial charge in [-0.3, -0.25) is 14.3 Å². The van der Waals surface area contributed by atoms with E-state index in [2.05, 4.69) is 22.2 Å². The Balaban J connectivity index is 1.38. The Kier molecular flexibility index (Phi) is 5.86. The molecule has 9 heteroatoms. The number of alkyl halides is 1. The lowest BCUT2D eigenvalue weighted by Gasteiger charge is -2.56. The van der Waals surface area contributed by atoms with Gasteiger partial charge >= 0.3 is 0 Å². The largest absolute Gasteiger partial charge is 0.507 e. The highest BCUT2D eigenvalue weighted by molar-refractivity contribution is 5.74. The maximum atomic E-state index is 15.6. The summed E-state index contributed by atoms with van der Waals surface area (Å²) in [5.74, 6) is -0.173. The first-order valence-electron chi connectivity index (χ1n) is 12.2. The van der Waals surface area contributed by atoms with Crippen LogP contribution in [0.1, 0.15) is 39.5 Å². The highest BCUT2D eigenvalue weighted by atomic mass is 19.1. The number of anilines is 1. The van der Waals surface area contributed by atoms with E-state index in [1.807, 2.05) is 18.9 Å². The zero-order valence-electron chi connectivity index (χ0n) is 20.9. The van der Waals surface area contributed by atoms with Gasteiger partial charge in [0.2, 0.25) is 0 Å². The third-order valence-electron chi connectivity index (χ3n) is 7.93. The molecule has 2 N–H and O–H groups in total. The number of hydrogen-bond acceptors (Lipinski definition) is 6. The number of aromatic hydroxyl groups is 1. The SMILES string of the molecule is CN(c1cnc(-c2ccc(-c3cc(F)n(C)c(=O)c3)cc2O)cn1)[C@H]1C[C@]2(C)CCC[C@@](C)(N2)[C@H]1F. The second-order valence-electron chi connectivity index (χ2n) is 10.7. The average Bonchev–Trinajstić information content (AvgIpc) is 2.84. The van der Waals surface area contributed by atoms with Gasteiger partial charge in [0.05, 0.1) is 24.1 Å². The van der Waals surface area contributed by atoms with E-state index in [0.717, 1.165) is 23.8 Å². The fraction of sp³-hybridized carbons (Fsp3) is 0.444. The van der Waals surface area contributed by atoms with E-state index >= 15 is 4.39 Å². The molecule has 2 fully saturated rings. The Morgan fingerprint density at radius 2 is 1.92 bits per heavy atom. The Labute approximate surface area is 208 Å². The van der Waals surface area contributed by atoms with Crippen molar-refractivity contribution in [3.05, 3.63) is 59.0 Å². The molecule has 7 nitrogen and oxygen atoms in total. The second-order valence-corrected chi connectivity index (χ2v) is 10.7. The van der Waals surface area contributed by atoms with Crippen molar-refractivity contribution in [2.24, 2.45) is 7.05 Å². The van der Waals surface area contributed by atoms with E-state index < -0.39 is 23.2 Å². The van der Waals surface area contributed by atoms with Crippen LogP contribution >= 0.6 is 0 Å². The van der Waals surface area contributed by atoms with Gasteiger partial charge in [-0.05, 0) is 68.9 Å². The van der Waals surface area contributed by atoms with Crippen LogP contribution in [0.2, 0.25) is 0 Å². The van der Waals surface area contributed by atoms with Gasteiger partial charge in [0.1, 0.15) is 17.7 Å². The van der Waals surface area contributed by atoms with Crippen LogP contribution in [0.25, 0.3) is 22.4 Å². The molecular weight excluding hydrogens is 464 g/mol. The van der Waals surface area contributed by atoms with E-state index in [9.17, 15) is 14.3 Å². The quantitative estimate of drug-likeness (QED) is 0.528. The maximum absolute atomic E-state index is 15.6. The molecule has 0 amide bonds. The van der Waals surface area contributed by atoms with Gasteiger partial charge in [0, 0.05) is 36.8 Å². The van der Waals surface area contributed by atoms with Gasteiger partial charge in [0.15, 0.2) is 5.95 Å². The smallest absolute Gasteiger partial charge is 0.253 e. The van der Waals surface area contributed by atoms with Crippen molar-refractivity contribution >= 4 is 5.82 Å². The van der Waals surface area contributed by atoms with Crippen LogP contribution in [0.3, 0.4) is 0 Å². The van der Waals surface area contributed by atoms with E-state index in [1.54, 1.807) is 24.5 Å². The first kappa shape index (κ1) is 24.4. The number of halogens is 2. The molecule has 4 atom stereocenters. The number of phenols is 1. The first-order chi connectivity index (χ1) is 17.0. The summed E-state index contributed by atoms with van der Waals surface area (Å²) in [5, 5.41) is 14.2. The standard InChI is InChI=1S/C27H31F2N5O2/c1-26-8-5-9-27(2,32-26)25(29)20(13-26)33(3)23-15-30-19(14-31-23)18-7-6-16(10-21(18)35)17-11-22(28)34(4)24(36)12-17/h6-7,10-12,14-15,20,25,32,35H,5,8-9,13H2,1-4H3/t20-,25-,26-,27+/m0/s1. The Hall–Kier alpha value is -3.33. The summed E-state index contributed by atoms with van der Waals surface area (Å²) in [5.41, 5.74) is 0.627. The molecule has 2 bridgehead atoms. The highest BCUT2D eigenvalue weighted by Crippen LogP contribution is 2.43. The predicted molar refractivity (Wildman–Crippen MR) is 135 cm³/mol. The minimum absolute atomic E-state index is 0.0696. The van der Waals surface area contributed by atoms with Gasteiger partial charge in [-0.15, -0.1) is 0 Å². The molecule has 2 saturated heterocycles. The van der Waals surface area contributed by atoms with Crippen LogP contribution < -0.4 is 15.8 Å². The molecule has 190 valence electrons. The molecule has 0 spiro atoms. The number of nitrogens with one attached hydrogen (secondary N) is 1. The minimum atomic E-state index is -1.05. The normalized spacial score (nSPS) is 27.6. The number of rotatable bonds is 4. The summed E-state index contributed by atoms with van der Waals surface area (Å²) in [4.78, 5) is 22.8. The van der Waals surface area contributed by atoms with Crippen LogP contribution in [-0.4, -0.2) is 50.0 Å². The Morgan fingerprint density at radius 1 is 1.14 bits per heavy atom. The summed E-state index contributed by atoms with van der Waals surface area (Å²) in [6, 6.07) is 7.04. The van der Waals surface area contributed by atoms with Crippen LogP contribution in [0, 0.1) is 5.95 Å². The van der Waals surface area contributed by atoms with Crippen LogP contribution in [0.15, 0.2) is 47.5 Å². The number of phenolic OH excluding ortho intramolecular Hbond substituents is 1. The zero-order valence-corrected chi connectivity index (χ0v) is 20.9. The third kappa shape index (κ3) is 4.15. The van der Waals surface area contributed by atoms with Crippen molar-refractivity contribution in [3.8, 4) is 28.1 Å². The third-order valence-corrected chi connectivity index (χ3v) is 7.93. The fourth-order valence-electron chi connectivity index (χ4n) is 5.85. The van der Waals surface area contributed by atoms with Gasteiger partial charge in [0.25, 0.3) is 5.56 Å². The number of benzene rings is 1. The predicted octanol–water partition coefficient (Wildman–Crippen LogP) is 4.19. The average molecular weight is 496 g/mol. The zero-order chi connectivity index (χ0) is 25.8. The summed E-state index contributed by atoms with van der Waals surface area (Å²) >= 11 is 0. The summed E-state index contributed by atoms with van der Waals surface area (Å²) in [6.45, 7) is 4.14. The molecule has 3 aromatic rings. The molecule has 5 rings (SSSR count). The fourth-order valence-corrected chi connectivity index (χ4v) is 5.85. The lowest BCUT2D eigenvalue weighted by Crippen LogP contribution is -2.72. The highest BCUT2D eigenvalue weighted by Gasteiger charge is 2.53. The van der Waals surface area contributed by atoms with E-state index in [0.29, 0.717) is 34.6 Å². The van der Waals surface area contributed by atoms with Crippen molar-refractivity contribution < 1.29 is 13.9 Å². The Bertz CT molecular complexity index is 1360. The van der Waals surface area contributed by atoms with Gasteiger partial charge < -0.3 is 15.3 Å². The molecule has 2 aliphatic heterocycles. The number of nitrogens with zero attached hydrogens (tertiary/aromatic N) is 4. The molecule has 2 aromatic heterocycles. The molecule has 36 heavy (non-hydrogen) atoms. The molecule has 2 aliphatic rings. The molecule has 0 unspecified atom stereocenters. The van der Waals surface area contributed by atoms with Crippen molar-refractivity contribution in [1.29, 1.82) is 0 Å². The topological polar surface area (TPSA) is 83.3 Å². The number of piperidine rings is 2. The lowest BCUT2D eigenvalue weighted by atomic mass is 9.68.